The first-order chi connectivity index (χ1) is 12.1. The van der Waals surface area contributed by atoms with Crippen molar-refractivity contribution in [2.45, 2.75) is 0 Å². The Hall–Kier alpha value is -2.44. The van der Waals surface area contributed by atoms with Crippen LogP contribution in [-0.4, -0.2) is 25.4 Å². The highest BCUT2D eigenvalue weighted by Crippen LogP contribution is 2.40. The van der Waals surface area contributed by atoms with Gasteiger partial charge in [0.25, 0.3) is 11.1 Å². The quantitative estimate of drug-likeness (QED) is 0.731. The van der Waals surface area contributed by atoms with Crippen LogP contribution >= 0.6 is 23.4 Å². The second-order valence-corrected chi connectivity index (χ2v) is 6.45. The molecule has 1 aliphatic rings. The van der Waals surface area contributed by atoms with Gasteiger partial charge in [-0.15, -0.1) is 0 Å². The van der Waals surface area contributed by atoms with Gasteiger partial charge in [-0.3, -0.25) is 9.59 Å². The second-order valence-electron chi connectivity index (χ2n) is 5.05. The summed E-state index contributed by atoms with van der Waals surface area (Å²) in [6, 6.07) is 12.0. The summed E-state index contributed by atoms with van der Waals surface area (Å²) in [4.78, 5) is 26.4. The van der Waals surface area contributed by atoms with Crippen LogP contribution in [0.4, 0.5) is 10.5 Å². The molecule has 0 aromatic heterocycles. The lowest BCUT2D eigenvalue weighted by molar-refractivity contribution is -0.113. The zero-order valence-corrected chi connectivity index (χ0v) is 15.1. The Bertz CT molecular complexity index is 881. The van der Waals surface area contributed by atoms with Crippen LogP contribution in [0.15, 0.2) is 47.4 Å². The molecule has 0 atom stereocenters. The maximum Gasteiger partial charge on any atom is 0.298 e. The topological polar surface area (TPSA) is 55.8 Å². The lowest BCUT2D eigenvalue weighted by atomic mass is 10.1. The fourth-order valence-electron chi connectivity index (χ4n) is 2.48. The first kappa shape index (κ1) is 17.4. The highest BCUT2D eigenvalue weighted by molar-refractivity contribution is 8.19. The third-order valence-corrected chi connectivity index (χ3v) is 4.80. The first-order valence-electron chi connectivity index (χ1n) is 7.30. The second kappa shape index (κ2) is 7.21. The Morgan fingerprint density at radius 3 is 2.48 bits per heavy atom. The molecule has 1 fully saturated rings. The molecule has 25 heavy (non-hydrogen) atoms. The SMILES string of the molecule is COc1cccc(C=C2SC(=O)N(c3ccccc3Cl)C2=O)c1OC. The highest BCUT2D eigenvalue weighted by Gasteiger charge is 2.37. The number of nitrogens with zero attached hydrogens (tertiary/aromatic N) is 1. The third kappa shape index (κ3) is 3.23. The van der Waals surface area contributed by atoms with Gasteiger partial charge in [0.05, 0.1) is 29.8 Å². The minimum atomic E-state index is -0.423. The average molecular weight is 376 g/mol. The number of rotatable bonds is 4. The number of thioether (sulfide) groups is 1. The van der Waals surface area contributed by atoms with Crippen molar-refractivity contribution in [3.63, 3.8) is 0 Å². The summed E-state index contributed by atoms with van der Waals surface area (Å²) in [6.07, 6.45) is 1.61. The van der Waals surface area contributed by atoms with Crippen molar-refractivity contribution in [1.82, 2.24) is 0 Å². The predicted molar refractivity (Wildman–Crippen MR) is 99.4 cm³/mol. The smallest absolute Gasteiger partial charge is 0.298 e. The standard InChI is InChI=1S/C18H14ClNO4S/c1-23-14-9-5-6-11(16(14)24-2)10-15-17(21)20(18(22)25-15)13-8-4-3-7-12(13)19/h3-10H,1-2H3. The van der Waals surface area contributed by atoms with E-state index in [-0.39, 0.29) is 4.91 Å². The molecule has 0 bridgehead atoms. The van der Waals surface area contributed by atoms with Crippen LogP contribution in [0.2, 0.25) is 5.02 Å². The molecule has 7 heteroatoms. The lowest BCUT2D eigenvalue weighted by Crippen LogP contribution is -2.27. The molecule has 5 nitrogen and oxygen atoms in total. The van der Waals surface area contributed by atoms with Gasteiger partial charge in [0.15, 0.2) is 11.5 Å². The van der Waals surface area contributed by atoms with Crippen LogP contribution in [0.25, 0.3) is 6.08 Å². The van der Waals surface area contributed by atoms with Gasteiger partial charge in [-0.25, -0.2) is 4.90 Å². The maximum atomic E-state index is 12.7. The molecule has 0 spiro atoms. The zero-order valence-electron chi connectivity index (χ0n) is 13.5. The molecule has 1 saturated heterocycles. The molecule has 2 amide bonds. The number of halogens is 1. The average Bonchev–Trinajstić information content (AvgIpc) is 2.89. The Kier molecular flexibility index (Phi) is 5.01. The largest absolute Gasteiger partial charge is 0.493 e. The van der Waals surface area contributed by atoms with E-state index < -0.39 is 11.1 Å². The Morgan fingerprint density at radius 1 is 1.04 bits per heavy atom. The number of carbonyl (C=O) groups is 2. The summed E-state index contributed by atoms with van der Waals surface area (Å²) in [7, 11) is 3.05. The molecule has 1 aliphatic heterocycles. The summed E-state index contributed by atoms with van der Waals surface area (Å²) >= 11 is 6.98. The van der Waals surface area contributed by atoms with E-state index >= 15 is 0 Å². The van der Waals surface area contributed by atoms with E-state index in [4.69, 9.17) is 21.1 Å². The van der Waals surface area contributed by atoms with Crippen LogP contribution in [-0.2, 0) is 4.79 Å². The molecule has 3 rings (SSSR count). The fourth-order valence-corrected chi connectivity index (χ4v) is 3.52. The first-order valence-corrected chi connectivity index (χ1v) is 8.49. The van der Waals surface area contributed by atoms with Gasteiger partial charge in [-0.1, -0.05) is 35.9 Å². The molecule has 0 radical (unpaired) electrons. The number of anilines is 1. The van der Waals surface area contributed by atoms with Gasteiger partial charge in [-0.2, -0.15) is 0 Å². The fraction of sp³-hybridized carbons (Fsp3) is 0.111. The molecular formula is C18H14ClNO4S. The third-order valence-electron chi connectivity index (χ3n) is 3.61. The van der Waals surface area contributed by atoms with Gasteiger partial charge in [0, 0.05) is 5.56 Å². The normalized spacial score (nSPS) is 15.8. The van der Waals surface area contributed by atoms with E-state index in [2.05, 4.69) is 0 Å². The summed E-state index contributed by atoms with van der Waals surface area (Å²) < 4.78 is 10.6. The predicted octanol–water partition coefficient (Wildman–Crippen LogP) is 4.60. The van der Waals surface area contributed by atoms with Crippen molar-refractivity contribution >= 4 is 46.3 Å². The number of imide groups is 1. The van der Waals surface area contributed by atoms with Crippen LogP contribution in [0.3, 0.4) is 0 Å². The van der Waals surface area contributed by atoms with E-state index in [1.165, 1.54) is 14.2 Å². The summed E-state index contributed by atoms with van der Waals surface area (Å²) in [5, 5.41) is -0.0591. The van der Waals surface area contributed by atoms with E-state index in [0.717, 1.165) is 16.7 Å². The van der Waals surface area contributed by atoms with Gasteiger partial charge in [0.2, 0.25) is 0 Å². The Morgan fingerprint density at radius 2 is 1.80 bits per heavy atom. The van der Waals surface area contributed by atoms with E-state index in [1.54, 1.807) is 48.5 Å². The van der Waals surface area contributed by atoms with Crippen LogP contribution < -0.4 is 14.4 Å². The molecular weight excluding hydrogens is 362 g/mol. The summed E-state index contributed by atoms with van der Waals surface area (Å²) in [6.45, 7) is 0. The number of carbonyl (C=O) groups excluding carboxylic acids is 2. The molecule has 2 aromatic carbocycles. The number of para-hydroxylation sites is 2. The van der Waals surface area contributed by atoms with Gasteiger partial charge >= 0.3 is 0 Å². The Balaban J connectivity index is 2.01. The van der Waals surface area contributed by atoms with E-state index in [1.807, 2.05) is 0 Å². The number of hydrogen-bond donors (Lipinski definition) is 0. The molecule has 2 aromatic rings. The molecule has 1 heterocycles. The highest BCUT2D eigenvalue weighted by atomic mass is 35.5. The van der Waals surface area contributed by atoms with Crippen molar-refractivity contribution < 1.29 is 19.1 Å². The van der Waals surface area contributed by atoms with Crippen molar-refractivity contribution in [2.24, 2.45) is 0 Å². The van der Waals surface area contributed by atoms with E-state index in [9.17, 15) is 9.59 Å². The monoisotopic (exact) mass is 375 g/mol. The molecule has 0 unspecified atom stereocenters. The molecule has 0 N–H and O–H groups in total. The minimum Gasteiger partial charge on any atom is -0.493 e. The molecule has 0 saturated carbocycles. The lowest BCUT2D eigenvalue weighted by Gasteiger charge is -2.13. The number of methoxy groups -OCH3 is 2. The zero-order chi connectivity index (χ0) is 18.0. The van der Waals surface area contributed by atoms with E-state index in [0.29, 0.717) is 27.8 Å². The Labute approximate surface area is 154 Å². The number of ether oxygens (including phenoxy) is 2. The van der Waals surface area contributed by atoms with Crippen molar-refractivity contribution in [1.29, 1.82) is 0 Å². The summed E-state index contributed by atoms with van der Waals surface area (Å²) in [5.41, 5.74) is 1.01. The van der Waals surface area contributed by atoms with Gasteiger partial charge in [0.1, 0.15) is 0 Å². The molecule has 0 aliphatic carbocycles. The van der Waals surface area contributed by atoms with Crippen molar-refractivity contribution in [2.75, 3.05) is 19.1 Å². The molecule has 128 valence electrons. The maximum absolute atomic E-state index is 12.7. The number of hydrogen-bond acceptors (Lipinski definition) is 5. The van der Waals surface area contributed by atoms with Crippen molar-refractivity contribution in [3.8, 4) is 11.5 Å². The van der Waals surface area contributed by atoms with Gasteiger partial charge < -0.3 is 9.47 Å². The summed E-state index contributed by atoms with van der Waals surface area (Å²) in [5.74, 6) is 0.615. The van der Waals surface area contributed by atoms with Crippen LogP contribution in [0.5, 0.6) is 11.5 Å². The minimum absolute atomic E-state index is 0.288. The van der Waals surface area contributed by atoms with Crippen LogP contribution in [0.1, 0.15) is 5.56 Å². The van der Waals surface area contributed by atoms with Gasteiger partial charge in [-0.05, 0) is 36.0 Å². The van der Waals surface area contributed by atoms with Crippen molar-refractivity contribution in [3.05, 3.63) is 58.0 Å². The van der Waals surface area contributed by atoms with Crippen LogP contribution in [0, 0.1) is 0 Å². The number of amides is 2. The number of benzene rings is 2.